The Labute approximate surface area is 151 Å². The number of carbonyl (C=O) groups is 1. The van der Waals surface area contributed by atoms with Crippen molar-refractivity contribution < 1.29 is 18.9 Å². The summed E-state index contributed by atoms with van der Waals surface area (Å²) in [7, 11) is 0. The number of hydrogen-bond acceptors (Lipinski definition) is 6. The molecule has 0 unspecified atom stereocenters. The second-order valence-corrected chi connectivity index (χ2v) is 5.95. The van der Waals surface area contributed by atoms with Crippen LogP contribution in [-0.4, -0.2) is 10.9 Å². The Hall–Kier alpha value is -3.19. The smallest absolute Gasteiger partial charge is 0.374 e. The quantitative estimate of drug-likeness (QED) is 0.384. The van der Waals surface area contributed by atoms with Crippen molar-refractivity contribution in [3.05, 3.63) is 85.2 Å². The van der Waals surface area contributed by atoms with Gasteiger partial charge in [-0.15, -0.1) is 0 Å². The standard InChI is InChI=1S/C18H12ClNO6/c1-10(11-3-2-4-13(7-11)20(23)24)25-18(22)17-9-15(21)14-8-12(19)5-6-16(14)26-17/h2-10H,1H3/t10-/m1/s1. The summed E-state index contributed by atoms with van der Waals surface area (Å²) >= 11 is 5.84. The van der Waals surface area contributed by atoms with Gasteiger partial charge in [0.25, 0.3) is 5.69 Å². The molecule has 0 aliphatic carbocycles. The molecule has 0 aliphatic heterocycles. The third-order valence-electron chi connectivity index (χ3n) is 3.72. The number of esters is 1. The number of carbonyl (C=O) groups excluding carboxylic acids is 1. The summed E-state index contributed by atoms with van der Waals surface area (Å²) in [6.07, 6.45) is -0.770. The topological polar surface area (TPSA) is 99.7 Å². The minimum Gasteiger partial charge on any atom is -0.452 e. The van der Waals surface area contributed by atoms with Crippen molar-refractivity contribution in [3.63, 3.8) is 0 Å². The number of nitrogens with zero attached hydrogens (tertiary/aromatic N) is 1. The molecule has 0 radical (unpaired) electrons. The van der Waals surface area contributed by atoms with Gasteiger partial charge in [-0.05, 0) is 30.7 Å². The highest BCUT2D eigenvalue weighted by Crippen LogP contribution is 2.23. The first-order chi connectivity index (χ1) is 12.3. The minimum atomic E-state index is -0.849. The van der Waals surface area contributed by atoms with E-state index < -0.39 is 22.4 Å². The van der Waals surface area contributed by atoms with E-state index in [2.05, 4.69) is 0 Å². The average Bonchev–Trinajstić information content (AvgIpc) is 2.62. The molecule has 3 aromatic rings. The maximum absolute atomic E-state index is 12.3. The summed E-state index contributed by atoms with van der Waals surface area (Å²) in [5.41, 5.74) is 0.113. The predicted molar refractivity (Wildman–Crippen MR) is 94.4 cm³/mol. The molecule has 0 aliphatic rings. The zero-order chi connectivity index (χ0) is 18.8. The summed E-state index contributed by atoms with van der Waals surface area (Å²) in [5, 5.41) is 11.5. The Morgan fingerprint density at radius 2 is 2.00 bits per heavy atom. The van der Waals surface area contributed by atoms with Crippen LogP contribution in [0.1, 0.15) is 29.1 Å². The van der Waals surface area contributed by atoms with Gasteiger partial charge in [0, 0.05) is 23.2 Å². The number of non-ortho nitro benzene ring substituents is 1. The maximum atomic E-state index is 12.3. The zero-order valence-electron chi connectivity index (χ0n) is 13.5. The first-order valence-electron chi connectivity index (χ1n) is 7.54. The Morgan fingerprint density at radius 1 is 1.23 bits per heavy atom. The van der Waals surface area contributed by atoms with Gasteiger partial charge >= 0.3 is 5.97 Å². The van der Waals surface area contributed by atoms with Crippen molar-refractivity contribution in [2.24, 2.45) is 0 Å². The molecule has 3 rings (SSSR count). The first kappa shape index (κ1) is 17.6. The van der Waals surface area contributed by atoms with Crippen LogP contribution in [-0.2, 0) is 4.74 Å². The molecule has 0 fully saturated rings. The first-order valence-corrected chi connectivity index (χ1v) is 7.91. The summed E-state index contributed by atoms with van der Waals surface area (Å²) in [5.74, 6) is -1.11. The van der Waals surface area contributed by atoms with Crippen LogP contribution < -0.4 is 5.43 Å². The number of rotatable bonds is 4. The van der Waals surface area contributed by atoms with Crippen LogP contribution in [0.2, 0.25) is 5.02 Å². The van der Waals surface area contributed by atoms with Gasteiger partial charge in [-0.25, -0.2) is 4.79 Å². The summed E-state index contributed by atoms with van der Waals surface area (Å²) < 4.78 is 10.7. The van der Waals surface area contributed by atoms with Crippen LogP contribution in [0.5, 0.6) is 0 Å². The van der Waals surface area contributed by atoms with Crippen molar-refractivity contribution in [2.45, 2.75) is 13.0 Å². The van der Waals surface area contributed by atoms with Crippen molar-refractivity contribution >= 4 is 34.2 Å². The van der Waals surface area contributed by atoms with Gasteiger partial charge in [0.05, 0.1) is 10.3 Å². The van der Waals surface area contributed by atoms with E-state index in [0.717, 1.165) is 6.07 Å². The lowest BCUT2D eigenvalue weighted by Gasteiger charge is -2.13. The lowest BCUT2D eigenvalue weighted by molar-refractivity contribution is -0.385. The fraction of sp³-hybridized carbons (Fsp3) is 0.111. The van der Waals surface area contributed by atoms with Crippen molar-refractivity contribution in [2.75, 3.05) is 0 Å². The van der Waals surface area contributed by atoms with Gasteiger partial charge < -0.3 is 9.15 Å². The molecule has 0 saturated carbocycles. The molecule has 1 atom stereocenters. The molecular weight excluding hydrogens is 362 g/mol. The SMILES string of the molecule is C[C@@H](OC(=O)c1cc(=O)c2cc(Cl)ccc2o1)c1cccc([N+](=O)[O-])c1. The molecule has 26 heavy (non-hydrogen) atoms. The Balaban J connectivity index is 1.87. The molecule has 0 bridgehead atoms. The van der Waals surface area contributed by atoms with Crippen molar-refractivity contribution in [1.29, 1.82) is 0 Å². The summed E-state index contributed by atoms with van der Waals surface area (Å²) in [4.78, 5) is 34.7. The molecule has 7 nitrogen and oxygen atoms in total. The van der Waals surface area contributed by atoms with Gasteiger partial charge in [0.1, 0.15) is 11.7 Å². The van der Waals surface area contributed by atoms with Crippen molar-refractivity contribution in [1.82, 2.24) is 0 Å². The zero-order valence-corrected chi connectivity index (χ0v) is 14.2. The Morgan fingerprint density at radius 3 is 2.73 bits per heavy atom. The summed E-state index contributed by atoms with van der Waals surface area (Å²) in [6, 6.07) is 11.3. The third kappa shape index (κ3) is 3.57. The molecule has 1 heterocycles. The van der Waals surface area contributed by atoms with E-state index in [1.165, 1.54) is 36.4 Å². The van der Waals surface area contributed by atoms with Gasteiger partial charge in [-0.2, -0.15) is 0 Å². The molecule has 0 saturated heterocycles. The van der Waals surface area contributed by atoms with Crippen LogP contribution in [0.25, 0.3) is 11.0 Å². The number of hydrogen-bond donors (Lipinski definition) is 0. The summed E-state index contributed by atoms with van der Waals surface area (Å²) in [6.45, 7) is 1.57. The molecule has 2 aromatic carbocycles. The number of benzene rings is 2. The number of fused-ring (bicyclic) bond motifs is 1. The highest BCUT2D eigenvalue weighted by molar-refractivity contribution is 6.31. The van der Waals surface area contributed by atoms with Crippen LogP contribution in [0, 0.1) is 10.1 Å². The molecule has 0 N–H and O–H groups in total. The minimum absolute atomic E-state index is 0.112. The molecule has 0 spiro atoms. The monoisotopic (exact) mass is 373 g/mol. The average molecular weight is 374 g/mol. The third-order valence-corrected chi connectivity index (χ3v) is 3.96. The van der Waals surface area contributed by atoms with E-state index in [-0.39, 0.29) is 22.4 Å². The highest BCUT2D eigenvalue weighted by atomic mass is 35.5. The van der Waals surface area contributed by atoms with Crippen LogP contribution >= 0.6 is 11.6 Å². The van der Waals surface area contributed by atoms with E-state index in [9.17, 15) is 19.7 Å². The number of nitro groups is 1. The van der Waals surface area contributed by atoms with Gasteiger partial charge in [-0.3, -0.25) is 14.9 Å². The van der Waals surface area contributed by atoms with Gasteiger partial charge in [-0.1, -0.05) is 23.7 Å². The van der Waals surface area contributed by atoms with E-state index >= 15 is 0 Å². The molecular formula is C18H12ClNO6. The second kappa shape index (κ2) is 6.97. The van der Waals surface area contributed by atoms with E-state index in [1.807, 2.05) is 0 Å². The van der Waals surface area contributed by atoms with E-state index in [1.54, 1.807) is 13.0 Å². The van der Waals surface area contributed by atoms with Crippen LogP contribution in [0.4, 0.5) is 5.69 Å². The molecule has 0 amide bonds. The highest BCUT2D eigenvalue weighted by Gasteiger charge is 2.19. The number of halogens is 1. The van der Waals surface area contributed by atoms with Gasteiger partial charge in [0.2, 0.25) is 5.76 Å². The fourth-order valence-electron chi connectivity index (χ4n) is 2.41. The normalized spacial score (nSPS) is 11.9. The predicted octanol–water partition coefficient (Wildman–Crippen LogP) is 4.27. The maximum Gasteiger partial charge on any atom is 0.374 e. The number of nitro benzene ring substituents is 1. The number of ether oxygens (including phenoxy) is 1. The molecule has 132 valence electrons. The molecule has 1 aromatic heterocycles. The van der Waals surface area contributed by atoms with Gasteiger partial charge in [0.15, 0.2) is 5.43 Å². The Kier molecular flexibility index (Phi) is 4.73. The lowest BCUT2D eigenvalue weighted by Crippen LogP contribution is -2.12. The van der Waals surface area contributed by atoms with Crippen LogP contribution in [0.15, 0.2) is 57.7 Å². The van der Waals surface area contributed by atoms with E-state index in [4.69, 9.17) is 20.8 Å². The second-order valence-electron chi connectivity index (χ2n) is 5.52. The Bertz CT molecular complexity index is 1070. The largest absolute Gasteiger partial charge is 0.452 e. The lowest BCUT2D eigenvalue weighted by atomic mass is 10.1. The van der Waals surface area contributed by atoms with E-state index in [0.29, 0.717) is 10.6 Å². The van der Waals surface area contributed by atoms with Crippen LogP contribution in [0.3, 0.4) is 0 Å². The molecule has 8 heteroatoms. The van der Waals surface area contributed by atoms with Crippen molar-refractivity contribution in [3.8, 4) is 0 Å². The fourth-order valence-corrected chi connectivity index (χ4v) is 2.58.